The van der Waals surface area contributed by atoms with Gasteiger partial charge in [-0.3, -0.25) is 4.98 Å². The van der Waals surface area contributed by atoms with Gasteiger partial charge in [0.15, 0.2) is 0 Å². The second-order valence-electron chi connectivity index (χ2n) is 15.0. The molecule has 3 aromatic heterocycles. The topological polar surface area (TPSA) is 28.6 Å². The van der Waals surface area contributed by atoms with Crippen LogP contribution in [0.15, 0.2) is 158 Å². The van der Waals surface area contributed by atoms with E-state index in [1.54, 1.807) is 11.3 Å². The van der Waals surface area contributed by atoms with E-state index in [4.69, 9.17) is 9.72 Å². The fraction of sp³-hybridized carbons (Fsp3) is 0.0800. The molecule has 7 heteroatoms. The number of hydrogen-bond acceptors (Lipinski definition) is 6. The number of para-hydroxylation sites is 1. The molecule has 1 aliphatic heterocycles. The molecule has 0 N–H and O–H groups in total. The van der Waals surface area contributed by atoms with Crippen molar-refractivity contribution >= 4 is 64.3 Å². The molecule has 0 bridgehead atoms. The molecule has 0 saturated carbocycles. The zero-order valence-corrected chi connectivity index (χ0v) is 35.4. The Labute approximate surface area is 355 Å². The maximum Gasteiger partial charge on any atom is 0.107 e. The van der Waals surface area contributed by atoms with Gasteiger partial charge < -0.3 is 14.5 Å². The Hall–Kier alpha value is -5.52. The third-order valence-corrected chi connectivity index (χ3v) is 12.3. The third-order valence-electron chi connectivity index (χ3n) is 10.3. The summed E-state index contributed by atoms with van der Waals surface area (Å²) in [7, 11) is 0. The number of nitrogens with zero attached hydrogens (tertiary/aromatic N) is 3. The number of rotatable bonds is 7. The summed E-state index contributed by atoms with van der Waals surface area (Å²) in [5, 5.41) is 4.17. The Morgan fingerprint density at radius 3 is 2.07 bits per heavy atom. The van der Waals surface area contributed by atoms with E-state index in [-0.39, 0.29) is 26.5 Å². The molecule has 0 saturated heterocycles. The van der Waals surface area contributed by atoms with Crippen LogP contribution in [-0.2, 0) is 26.5 Å². The van der Waals surface area contributed by atoms with Gasteiger partial charge in [-0.15, -0.1) is 48.0 Å². The average Bonchev–Trinajstić information content (AvgIpc) is 3.97. The van der Waals surface area contributed by atoms with E-state index in [1.165, 1.54) is 25.7 Å². The van der Waals surface area contributed by atoms with E-state index in [2.05, 4.69) is 189 Å². The Balaban J connectivity index is 0.00000422. The van der Waals surface area contributed by atoms with Crippen LogP contribution < -0.4 is 14.5 Å². The summed E-state index contributed by atoms with van der Waals surface area (Å²) in [5.41, 5.74) is 9.92. The van der Waals surface area contributed by atoms with E-state index in [1.807, 2.05) is 29.7 Å². The van der Waals surface area contributed by atoms with Crippen molar-refractivity contribution in [2.24, 2.45) is 0 Å². The molecule has 0 radical (unpaired) electrons. The second kappa shape index (κ2) is 15.1. The summed E-state index contributed by atoms with van der Waals surface area (Å²) in [6.07, 6.45) is 6.11. The number of fused-ring (bicyclic) bond motifs is 4. The first-order valence-electron chi connectivity index (χ1n) is 18.7. The van der Waals surface area contributed by atoms with Crippen molar-refractivity contribution in [2.75, 3.05) is 9.80 Å². The third kappa shape index (κ3) is 6.97. The summed E-state index contributed by atoms with van der Waals surface area (Å²) in [6.45, 7) is 8.84. The maximum absolute atomic E-state index is 6.60. The zero-order chi connectivity index (χ0) is 37.8. The predicted molar refractivity (Wildman–Crippen MR) is 237 cm³/mol. The summed E-state index contributed by atoms with van der Waals surface area (Å²) < 4.78 is 10.2. The van der Waals surface area contributed by atoms with Gasteiger partial charge in [-0.05, 0) is 63.5 Å². The van der Waals surface area contributed by atoms with Crippen molar-refractivity contribution in [3.05, 3.63) is 182 Å². The van der Waals surface area contributed by atoms with Crippen molar-refractivity contribution in [3.8, 4) is 44.3 Å². The van der Waals surface area contributed by atoms with Gasteiger partial charge in [0.2, 0.25) is 0 Å². The molecule has 57 heavy (non-hydrogen) atoms. The number of ether oxygens (including phenoxy) is 1. The van der Waals surface area contributed by atoms with E-state index < -0.39 is 0 Å². The fourth-order valence-corrected chi connectivity index (χ4v) is 9.68. The molecule has 4 heterocycles. The molecule has 0 atom stereocenters. The van der Waals surface area contributed by atoms with Crippen LogP contribution in [0.1, 0.15) is 26.3 Å². The molecule has 0 aliphatic carbocycles. The summed E-state index contributed by atoms with van der Waals surface area (Å²) in [5.74, 6) is 0.627. The van der Waals surface area contributed by atoms with E-state index in [9.17, 15) is 0 Å². The molecule has 0 fully saturated rings. The van der Waals surface area contributed by atoms with Crippen LogP contribution in [0.5, 0.6) is 10.8 Å². The van der Waals surface area contributed by atoms with Gasteiger partial charge >= 0.3 is 0 Å². The molecule has 0 spiro atoms. The molecule has 10 rings (SSSR count). The smallest absolute Gasteiger partial charge is 0.107 e. The number of thiophene rings is 2. The normalized spacial score (nSPS) is 12.8. The number of anilines is 2. The van der Waals surface area contributed by atoms with Crippen LogP contribution in [0.4, 0.5) is 11.4 Å². The number of benzene rings is 6. The van der Waals surface area contributed by atoms with Crippen LogP contribution in [-0.4, -0.2) is 4.98 Å². The quantitative estimate of drug-likeness (QED) is 0.149. The second-order valence-corrected chi connectivity index (χ2v) is 17.1. The Bertz CT molecular complexity index is 2870. The van der Waals surface area contributed by atoms with Crippen molar-refractivity contribution in [2.45, 2.75) is 26.2 Å². The minimum atomic E-state index is -0.0106. The monoisotopic (exact) mass is 953 g/mol. The van der Waals surface area contributed by atoms with Gasteiger partial charge in [0.05, 0.1) is 0 Å². The molecule has 6 aromatic carbocycles. The van der Waals surface area contributed by atoms with Gasteiger partial charge in [0, 0.05) is 64.9 Å². The van der Waals surface area contributed by atoms with Crippen molar-refractivity contribution in [3.63, 3.8) is 0 Å². The maximum atomic E-state index is 6.60. The summed E-state index contributed by atoms with van der Waals surface area (Å²) in [6, 6.07) is 56.2. The summed E-state index contributed by atoms with van der Waals surface area (Å²) in [4.78, 5) is 9.24. The van der Waals surface area contributed by atoms with Gasteiger partial charge in [-0.1, -0.05) is 134 Å². The van der Waals surface area contributed by atoms with Crippen LogP contribution in [0, 0.1) is 18.8 Å². The molecule has 4 nitrogen and oxygen atoms in total. The molecule has 0 unspecified atom stereocenters. The van der Waals surface area contributed by atoms with Crippen molar-refractivity contribution in [1.82, 2.24) is 4.98 Å². The van der Waals surface area contributed by atoms with E-state index in [0.717, 1.165) is 55.0 Å². The molecule has 9 aromatic rings. The zero-order valence-electron chi connectivity index (χ0n) is 31.5. The standard InChI is InChI=1S/C50H36N3OS2.Pt/c1-50(2,3)35-24-25-51-42(28-35)47-41-30-46(56-44(41)31-45-48(47)40-20-10-11-23-43(40)55-45)54-37-19-12-18-36(29-37)52-26-27-53(32-52)49-38(33-14-6-4-7-15-33)21-13-22-39(49)34-16-8-5-9-17-34;/h4-28,31-32H,1-3H3;/q-3;. The van der Waals surface area contributed by atoms with E-state index >= 15 is 0 Å². The summed E-state index contributed by atoms with van der Waals surface area (Å²) >= 11 is 3.43. The van der Waals surface area contributed by atoms with Gasteiger partial charge in [-0.25, -0.2) is 0 Å². The van der Waals surface area contributed by atoms with Crippen molar-refractivity contribution < 1.29 is 25.8 Å². The van der Waals surface area contributed by atoms with Gasteiger partial charge in [0.25, 0.3) is 0 Å². The Kier molecular flexibility index (Phi) is 9.82. The first-order valence-corrected chi connectivity index (χ1v) is 20.3. The minimum absolute atomic E-state index is 0. The molecular formula is C50H36N3OPtS2-3. The number of pyridine rings is 1. The predicted octanol–water partition coefficient (Wildman–Crippen LogP) is 14.3. The Morgan fingerprint density at radius 2 is 1.33 bits per heavy atom. The van der Waals surface area contributed by atoms with Crippen molar-refractivity contribution in [1.29, 1.82) is 0 Å². The van der Waals surface area contributed by atoms with Crippen LogP contribution in [0.3, 0.4) is 0 Å². The van der Waals surface area contributed by atoms with Crippen LogP contribution in [0.2, 0.25) is 0 Å². The largest absolute Gasteiger partial charge is 0.500 e. The molecule has 0 amide bonds. The number of hydrogen-bond donors (Lipinski definition) is 0. The molecule has 282 valence electrons. The first-order chi connectivity index (χ1) is 27.4. The molecule has 1 aliphatic rings. The fourth-order valence-electron chi connectivity index (χ4n) is 7.53. The Morgan fingerprint density at radius 1 is 0.649 bits per heavy atom. The van der Waals surface area contributed by atoms with Gasteiger partial charge in [0.1, 0.15) is 5.06 Å². The van der Waals surface area contributed by atoms with Crippen LogP contribution in [0.25, 0.3) is 63.8 Å². The minimum Gasteiger partial charge on any atom is -0.500 e. The SMILES string of the molecule is CC(C)(C)c1ccnc(-c2c3[c-]c(Oc4[c-]c(N5C=CN(c6c(-c7ccccc7)cccc6-c6ccccc6)[CH-]5)ccc4)sc3cc3sc4ccccc4c23)c1.[Pt]. The first kappa shape index (κ1) is 37.1. The average molecular weight is 954 g/mol. The number of aromatic nitrogens is 1. The van der Waals surface area contributed by atoms with Crippen LogP contribution >= 0.6 is 22.7 Å². The van der Waals surface area contributed by atoms with Gasteiger partial charge in [-0.2, -0.15) is 22.8 Å². The molecular weight excluding hydrogens is 918 g/mol. The van der Waals surface area contributed by atoms with E-state index in [0.29, 0.717) is 10.8 Å².